The normalized spacial score (nSPS) is 9.09. The molecular formula is C10H13Rf-. The van der Waals surface area contributed by atoms with Crippen LogP contribution < -0.4 is 0 Å². The van der Waals surface area contributed by atoms with Crippen molar-refractivity contribution in [1.29, 1.82) is 0 Å². The van der Waals surface area contributed by atoms with Gasteiger partial charge in [0.1, 0.15) is 0 Å². The second-order valence-corrected chi connectivity index (χ2v) is 2.89. The average molecular weight is 400 g/mol. The summed E-state index contributed by atoms with van der Waals surface area (Å²) in [5.74, 6) is 0. The Labute approximate surface area is 62.9 Å². The standard InChI is InChI=1S/C10H13.Rf/c1-7-5-9(3)10(4)6-8(7)2;/h5H,1-4H3;/q-1;. The summed E-state index contributed by atoms with van der Waals surface area (Å²) in [5.41, 5.74) is 5.21. The Balaban J connectivity index is 0.000001000. The van der Waals surface area contributed by atoms with Crippen molar-refractivity contribution in [2.24, 2.45) is 0 Å². The Bertz CT molecular complexity index is 201. The van der Waals surface area contributed by atoms with Gasteiger partial charge in [-0.25, -0.2) is 0 Å². The third-order valence-electron chi connectivity index (χ3n) is 1.99. The van der Waals surface area contributed by atoms with Gasteiger partial charge in [-0.1, -0.05) is 27.7 Å². The fourth-order valence-electron chi connectivity index (χ4n) is 1.02. The van der Waals surface area contributed by atoms with Crippen LogP contribution in [0.4, 0.5) is 0 Å². The Morgan fingerprint density at radius 3 is 1.55 bits per heavy atom. The Hall–Kier alpha value is -1.78. The zero-order valence-electron chi connectivity index (χ0n) is 7.78. The Morgan fingerprint density at radius 2 is 1.27 bits per heavy atom. The summed E-state index contributed by atoms with van der Waals surface area (Å²) in [5, 5.41) is 0. The van der Waals surface area contributed by atoms with Crippen LogP contribution in [0.1, 0.15) is 22.3 Å². The van der Waals surface area contributed by atoms with Crippen LogP contribution in [0, 0.1) is 33.8 Å². The molecule has 0 saturated carbocycles. The van der Waals surface area contributed by atoms with E-state index in [0.717, 1.165) is 0 Å². The molecule has 0 aliphatic rings. The van der Waals surface area contributed by atoms with E-state index < -0.39 is 0 Å². The largest absolute Gasteiger partial charge is 0.177 e. The van der Waals surface area contributed by atoms with Gasteiger partial charge < -0.3 is 0 Å². The van der Waals surface area contributed by atoms with Crippen LogP contribution in [-0.2, 0) is 0 Å². The molecule has 0 aliphatic carbocycles. The van der Waals surface area contributed by atoms with E-state index in [1.54, 1.807) is 0 Å². The van der Waals surface area contributed by atoms with Gasteiger partial charge in [0.2, 0.25) is 0 Å². The van der Waals surface area contributed by atoms with Gasteiger partial charge in [-0.05, 0) is 0 Å². The molecule has 11 heavy (non-hydrogen) atoms. The van der Waals surface area contributed by atoms with E-state index in [0.29, 0.717) is 0 Å². The molecule has 1 heteroatoms. The molecule has 1 aromatic rings. The Kier molecular flexibility index (Phi) is 2.41. The molecule has 0 atom stereocenters. The first-order chi connectivity index (χ1) is 4.61. The van der Waals surface area contributed by atoms with Crippen LogP contribution in [0.5, 0.6) is 0 Å². The van der Waals surface area contributed by atoms with Gasteiger partial charge in [-0.2, -0.15) is 34.4 Å². The van der Waals surface area contributed by atoms with E-state index in [4.69, 9.17) is 0 Å². The molecule has 0 saturated heterocycles. The quantitative estimate of drug-likeness (QED) is 0.588. The summed E-state index contributed by atoms with van der Waals surface area (Å²) < 4.78 is 0. The fraction of sp³-hybridized carbons (Fsp3) is 0.400. The molecule has 0 radical (unpaired) electrons. The monoisotopic (exact) mass is 400 g/mol. The molecule has 0 heterocycles. The number of benzene rings is 1. The first-order valence-electron chi connectivity index (χ1n) is 3.58. The van der Waals surface area contributed by atoms with Crippen molar-refractivity contribution < 1.29 is 0 Å². The maximum absolute atomic E-state index is 3.31. The van der Waals surface area contributed by atoms with Crippen LogP contribution in [-0.4, -0.2) is 0 Å². The van der Waals surface area contributed by atoms with Gasteiger partial charge in [0, 0.05) is 0 Å². The molecule has 0 aliphatic heterocycles. The summed E-state index contributed by atoms with van der Waals surface area (Å²) >= 11 is 0. The second kappa shape index (κ2) is 2.87. The molecule has 0 spiro atoms. The Morgan fingerprint density at radius 1 is 0.909 bits per heavy atom. The third-order valence-corrected chi connectivity index (χ3v) is 1.99. The average Bonchev–Trinajstić information content (AvgIpc) is 1.84. The van der Waals surface area contributed by atoms with Crippen molar-refractivity contribution in [1.82, 2.24) is 0 Å². The minimum atomic E-state index is 0. The summed E-state index contributed by atoms with van der Waals surface area (Å²) in [6, 6.07) is 5.52. The first kappa shape index (κ1) is 9.22. The molecule has 0 unspecified atom stereocenters. The molecular weight excluding hydrogens is 387 g/mol. The predicted octanol–water partition coefficient (Wildman–Crippen LogP) is 2.72. The van der Waals surface area contributed by atoms with E-state index in [2.05, 4.69) is 39.8 Å². The topological polar surface area (TPSA) is 0 Å². The van der Waals surface area contributed by atoms with Crippen molar-refractivity contribution in [3.8, 4) is 0 Å². The number of hydrogen-bond acceptors (Lipinski definition) is 0. The molecule has 0 aromatic heterocycles. The molecule has 0 nitrogen and oxygen atoms in total. The van der Waals surface area contributed by atoms with Crippen molar-refractivity contribution in [2.45, 2.75) is 27.7 Å². The van der Waals surface area contributed by atoms with Gasteiger partial charge in [-0.15, -0.1) is 0 Å². The van der Waals surface area contributed by atoms with Crippen molar-refractivity contribution in [2.75, 3.05) is 0 Å². The van der Waals surface area contributed by atoms with Crippen LogP contribution in [0.15, 0.2) is 6.07 Å². The minimum absolute atomic E-state index is 0. The molecule has 1 rings (SSSR count). The van der Waals surface area contributed by atoms with Crippen molar-refractivity contribution in [3.05, 3.63) is 34.4 Å². The van der Waals surface area contributed by atoms with E-state index in [1.807, 2.05) is 0 Å². The number of rotatable bonds is 0. The molecule has 0 fully saturated rings. The van der Waals surface area contributed by atoms with Gasteiger partial charge in [-0.3, -0.25) is 0 Å². The molecule has 0 amide bonds. The van der Waals surface area contributed by atoms with Gasteiger partial charge >= 0.3 is 0 Å². The van der Waals surface area contributed by atoms with Crippen molar-refractivity contribution in [3.63, 3.8) is 0 Å². The number of aryl methyl sites for hydroxylation is 4. The van der Waals surface area contributed by atoms with Crippen LogP contribution in [0.3, 0.4) is 0 Å². The summed E-state index contributed by atoms with van der Waals surface area (Å²) in [4.78, 5) is 0. The van der Waals surface area contributed by atoms with E-state index in [1.165, 1.54) is 22.3 Å². The molecule has 0 N–H and O–H groups in total. The van der Waals surface area contributed by atoms with Crippen molar-refractivity contribution >= 4 is 0 Å². The maximum atomic E-state index is 3.31. The van der Waals surface area contributed by atoms with E-state index in [9.17, 15) is 0 Å². The van der Waals surface area contributed by atoms with Crippen LogP contribution in [0.25, 0.3) is 0 Å². The second-order valence-electron chi connectivity index (χ2n) is 2.89. The minimum Gasteiger partial charge on any atom is -0.177 e. The van der Waals surface area contributed by atoms with E-state index >= 15 is 0 Å². The van der Waals surface area contributed by atoms with Crippen LogP contribution in [0.2, 0.25) is 0 Å². The predicted molar refractivity (Wildman–Crippen MR) is 44.2 cm³/mol. The van der Waals surface area contributed by atoms with E-state index in [-0.39, 0.29) is 0 Å². The zero-order valence-corrected chi connectivity index (χ0v) is 14.2. The van der Waals surface area contributed by atoms with Gasteiger partial charge in [0.25, 0.3) is 0 Å². The third kappa shape index (κ3) is 1.57. The summed E-state index contributed by atoms with van der Waals surface area (Å²) in [6.07, 6.45) is 0. The van der Waals surface area contributed by atoms with Gasteiger partial charge in [0.05, 0.1) is 0 Å². The first-order valence-corrected chi connectivity index (χ1v) is 3.58. The maximum Gasteiger partial charge on any atom is 0 e. The smallest absolute Gasteiger partial charge is 0 e. The molecule has 0 bridgehead atoms. The molecule has 1 aromatic carbocycles. The fourth-order valence-corrected chi connectivity index (χ4v) is 1.02. The number of hydrogen-bond donors (Lipinski definition) is 0. The SMILES string of the molecule is Cc1[c-]c(C)c(C)cc1C.[Rf]. The zero-order chi connectivity index (χ0) is 7.72. The summed E-state index contributed by atoms with van der Waals surface area (Å²) in [6.45, 7) is 8.44. The molecule has 56 valence electrons. The van der Waals surface area contributed by atoms with Crippen LogP contribution >= 0.6 is 0 Å². The van der Waals surface area contributed by atoms with Gasteiger partial charge in [0.15, 0.2) is 0 Å². The summed E-state index contributed by atoms with van der Waals surface area (Å²) in [7, 11) is 0.